The number of fused-ring (bicyclic) bond motifs is 1. The van der Waals surface area contributed by atoms with Crippen LogP contribution in [0.4, 0.5) is 23.7 Å². The number of anilines is 1. The molecule has 3 rings (SSSR count). The zero-order valence-electron chi connectivity index (χ0n) is 13.4. The number of pyridine rings is 1. The summed E-state index contributed by atoms with van der Waals surface area (Å²) in [5, 5.41) is 13.0. The number of hydrogen-bond acceptors (Lipinski definition) is 3. The van der Waals surface area contributed by atoms with Gasteiger partial charge >= 0.3 is 12.2 Å². The van der Waals surface area contributed by atoms with E-state index in [0.29, 0.717) is 11.5 Å². The average Bonchev–Trinajstić information content (AvgIpc) is 2.99. The fourth-order valence-corrected chi connectivity index (χ4v) is 2.88. The summed E-state index contributed by atoms with van der Waals surface area (Å²) in [6.45, 7) is 1.70. The molecular weight excluding hydrogens is 415 g/mol. The van der Waals surface area contributed by atoms with Crippen LogP contribution in [0.3, 0.4) is 0 Å². The molecule has 0 fully saturated rings. The molecule has 0 aliphatic heterocycles. The van der Waals surface area contributed by atoms with Crippen LogP contribution in [-0.4, -0.2) is 20.6 Å². The van der Waals surface area contributed by atoms with Crippen molar-refractivity contribution >= 4 is 33.3 Å². The van der Waals surface area contributed by atoms with Gasteiger partial charge in [-0.3, -0.25) is 4.40 Å². The second-order valence-electron chi connectivity index (χ2n) is 5.50. The van der Waals surface area contributed by atoms with E-state index in [9.17, 15) is 18.0 Å². The van der Waals surface area contributed by atoms with Gasteiger partial charge in [0.25, 0.3) is 0 Å². The number of benzene rings is 1. The molecule has 0 aliphatic carbocycles. The zero-order valence-corrected chi connectivity index (χ0v) is 15.0. The van der Waals surface area contributed by atoms with Crippen LogP contribution < -0.4 is 10.6 Å². The van der Waals surface area contributed by atoms with E-state index in [1.54, 1.807) is 29.7 Å². The van der Waals surface area contributed by atoms with Crippen LogP contribution in [0.25, 0.3) is 5.65 Å². The van der Waals surface area contributed by atoms with Gasteiger partial charge in [-0.15, -0.1) is 10.2 Å². The number of alkyl halides is 3. The standard InChI is InChI=1S/C16H13BrF3N5O/c1-9(14-24-23-13-4-2-3-7-25(13)14)21-15(26)22-10-5-6-12(17)11(8-10)16(18,19)20/h2-9H,1H3,(H2,21,22,26). The van der Waals surface area contributed by atoms with E-state index in [-0.39, 0.29) is 10.2 Å². The van der Waals surface area contributed by atoms with Crippen LogP contribution in [0.15, 0.2) is 47.1 Å². The summed E-state index contributed by atoms with van der Waals surface area (Å²) >= 11 is 2.86. The Labute approximate surface area is 154 Å². The minimum atomic E-state index is -4.53. The van der Waals surface area contributed by atoms with Gasteiger partial charge in [0, 0.05) is 16.4 Å². The van der Waals surface area contributed by atoms with Crippen molar-refractivity contribution < 1.29 is 18.0 Å². The SMILES string of the molecule is CC(NC(=O)Nc1ccc(Br)c(C(F)(F)F)c1)c1nnc2ccccn12. The van der Waals surface area contributed by atoms with Crippen LogP contribution in [0.5, 0.6) is 0 Å². The molecule has 1 aromatic carbocycles. The van der Waals surface area contributed by atoms with Crippen molar-refractivity contribution in [2.24, 2.45) is 0 Å². The Morgan fingerprint density at radius 2 is 2.00 bits per heavy atom. The molecule has 0 aliphatic rings. The second kappa shape index (κ2) is 6.94. The lowest BCUT2D eigenvalue weighted by molar-refractivity contribution is -0.138. The minimum Gasteiger partial charge on any atom is -0.328 e. The molecule has 3 aromatic rings. The molecule has 0 bridgehead atoms. The van der Waals surface area contributed by atoms with E-state index < -0.39 is 23.8 Å². The average molecular weight is 428 g/mol. The molecular formula is C16H13BrF3N5O. The molecule has 0 saturated carbocycles. The van der Waals surface area contributed by atoms with Crippen LogP contribution in [0, 0.1) is 0 Å². The zero-order chi connectivity index (χ0) is 18.9. The van der Waals surface area contributed by atoms with Crippen molar-refractivity contribution in [1.29, 1.82) is 0 Å². The molecule has 2 aromatic heterocycles. The largest absolute Gasteiger partial charge is 0.417 e. The Kier molecular flexibility index (Phi) is 4.86. The highest BCUT2D eigenvalue weighted by molar-refractivity contribution is 9.10. The van der Waals surface area contributed by atoms with E-state index in [1.807, 2.05) is 6.07 Å². The molecule has 0 saturated heterocycles. The van der Waals surface area contributed by atoms with Crippen LogP contribution in [0.2, 0.25) is 0 Å². The monoisotopic (exact) mass is 427 g/mol. The Bertz CT molecular complexity index is 956. The number of halogens is 4. The Balaban J connectivity index is 1.73. The maximum absolute atomic E-state index is 12.9. The third kappa shape index (κ3) is 3.79. The van der Waals surface area contributed by atoms with E-state index in [4.69, 9.17) is 0 Å². The van der Waals surface area contributed by atoms with E-state index >= 15 is 0 Å². The van der Waals surface area contributed by atoms with Gasteiger partial charge < -0.3 is 10.6 Å². The first-order chi connectivity index (χ1) is 12.3. The molecule has 1 atom stereocenters. The lowest BCUT2D eigenvalue weighted by Gasteiger charge is -2.15. The van der Waals surface area contributed by atoms with Gasteiger partial charge in [0.05, 0.1) is 11.6 Å². The van der Waals surface area contributed by atoms with Crippen molar-refractivity contribution in [1.82, 2.24) is 19.9 Å². The van der Waals surface area contributed by atoms with Crippen molar-refractivity contribution in [3.05, 3.63) is 58.5 Å². The smallest absolute Gasteiger partial charge is 0.328 e. The molecule has 6 nitrogen and oxygen atoms in total. The number of hydrogen-bond donors (Lipinski definition) is 2. The molecule has 2 heterocycles. The summed E-state index contributed by atoms with van der Waals surface area (Å²) in [6.07, 6.45) is -2.77. The number of carbonyl (C=O) groups is 1. The first-order valence-corrected chi connectivity index (χ1v) is 8.29. The van der Waals surface area contributed by atoms with Crippen molar-refractivity contribution in [2.75, 3.05) is 5.32 Å². The van der Waals surface area contributed by atoms with Gasteiger partial charge in [-0.1, -0.05) is 22.0 Å². The Morgan fingerprint density at radius 1 is 1.23 bits per heavy atom. The molecule has 26 heavy (non-hydrogen) atoms. The maximum Gasteiger partial charge on any atom is 0.417 e. The van der Waals surface area contributed by atoms with Crippen molar-refractivity contribution in [3.63, 3.8) is 0 Å². The first kappa shape index (κ1) is 18.2. The van der Waals surface area contributed by atoms with Gasteiger partial charge in [-0.2, -0.15) is 13.2 Å². The van der Waals surface area contributed by atoms with Gasteiger partial charge in [0.2, 0.25) is 0 Å². The predicted octanol–water partition coefficient (Wildman–Crippen LogP) is 4.39. The van der Waals surface area contributed by atoms with E-state index in [2.05, 4.69) is 36.8 Å². The molecule has 1 unspecified atom stereocenters. The fraction of sp³-hybridized carbons (Fsp3) is 0.188. The number of amides is 2. The molecule has 2 N–H and O–H groups in total. The van der Waals surface area contributed by atoms with Crippen molar-refractivity contribution in [3.8, 4) is 0 Å². The summed E-state index contributed by atoms with van der Waals surface area (Å²) in [6, 6.07) is 7.68. The number of carbonyl (C=O) groups excluding carboxylic acids is 1. The number of nitrogens with one attached hydrogen (secondary N) is 2. The molecule has 0 radical (unpaired) electrons. The van der Waals surface area contributed by atoms with Crippen LogP contribution in [0.1, 0.15) is 24.4 Å². The van der Waals surface area contributed by atoms with Gasteiger partial charge in [-0.25, -0.2) is 4.79 Å². The quantitative estimate of drug-likeness (QED) is 0.650. The lowest BCUT2D eigenvalue weighted by atomic mass is 10.2. The first-order valence-electron chi connectivity index (χ1n) is 7.49. The van der Waals surface area contributed by atoms with Crippen molar-refractivity contribution in [2.45, 2.75) is 19.1 Å². The fourth-order valence-electron chi connectivity index (χ4n) is 2.40. The summed E-state index contributed by atoms with van der Waals surface area (Å²) in [4.78, 5) is 12.1. The lowest BCUT2D eigenvalue weighted by Crippen LogP contribution is -2.32. The molecule has 2 amide bonds. The summed E-state index contributed by atoms with van der Waals surface area (Å²) in [5.74, 6) is 0.502. The van der Waals surface area contributed by atoms with Gasteiger partial charge in [-0.05, 0) is 37.3 Å². The number of aromatic nitrogens is 3. The number of rotatable bonds is 3. The maximum atomic E-state index is 12.9. The van der Waals surface area contributed by atoms with Gasteiger partial charge in [0.1, 0.15) is 0 Å². The third-order valence-electron chi connectivity index (χ3n) is 3.60. The van der Waals surface area contributed by atoms with Crippen LogP contribution in [-0.2, 0) is 6.18 Å². The van der Waals surface area contributed by atoms with Gasteiger partial charge in [0.15, 0.2) is 11.5 Å². The number of urea groups is 1. The highest BCUT2D eigenvalue weighted by atomic mass is 79.9. The minimum absolute atomic E-state index is 0.0244. The van der Waals surface area contributed by atoms with E-state index in [1.165, 1.54) is 12.1 Å². The third-order valence-corrected chi connectivity index (χ3v) is 4.30. The highest BCUT2D eigenvalue weighted by Gasteiger charge is 2.33. The van der Waals surface area contributed by atoms with E-state index in [0.717, 1.165) is 6.07 Å². The molecule has 0 spiro atoms. The predicted molar refractivity (Wildman–Crippen MR) is 92.7 cm³/mol. The summed E-state index contributed by atoms with van der Waals surface area (Å²) in [7, 11) is 0. The highest BCUT2D eigenvalue weighted by Crippen LogP contribution is 2.36. The molecule has 136 valence electrons. The normalized spacial score (nSPS) is 12.8. The van der Waals surface area contributed by atoms with Crippen LogP contribution >= 0.6 is 15.9 Å². The second-order valence-corrected chi connectivity index (χ2v) is 6.35. The molecule has 10 heteroatoms. The Hall–Kier alpha value is -2.62. The number of nitrogens with zero attached hydrogens (tertiary/aromatic N) is 3. The summed E-state index contributed by atoms with van der Waals surface area (Å²) in [5.41, 5.74) is -0.220. The summed E-state index contributed by atoms with van der Waals surface area (Å²) < 4.78 is 40.4. The Morgan fingerprint density at radius 3 is 2.73 bits per heavy atom. The topological polar surface area (TPSA) is 71.3 Å².